The normalized spacial score (nSPS) is 14.8. The van der Waals surface area contributed by atoms with Crippen LogP contribution in [0.1, 0.15) is 42.2 Å². The van der Waals surface area contributed by atoms with Gasteiger partial charge in [-0.05, 0) is 78.1 Å². The van der Waals surface area contributed by atoms with Crippen molar-refractivity contribution in [1.29, 1.82) is 0 Å². The molecule has 0 saturated carbocycles. The van der Waals surface area contributed by atoms with Gasteiger partial charge in [0.2, 0.25) is 11.9 Å². The number of carbonyl (C=O) groups is 3. The van der Waals surface area contributed by atoms with E-state index >= 15 is 0 Å². The van der Waals surface area contributed by atoms with Crippen LogP contribution in [0.4, 0.5) is 15.5 Å². The van der Waals surface area contributed by atoms with Crippen LogP contribution in [-0.4, -0.2) is 96.4 Å². The Morgan fingerprint density at radius 3 is 2.14 bits per heavy atom. The molecule has 2 atom stereocenters. The quantitative estimate of drug-likeness (QED) is 0.0714. The number of amides is 2. The molecule has 2 amide bonds. The van der Waals surface area contributed by atoms with Crippen LogP contribution in [-0.2, 0) is 34.4 Å². The highest BCUT2D eigenvalue weighted by Crippen LogP contribution is 2.43. The fraction of sp³-hybridized carbons (Fsp3) is 0.231. The summed E-state index contributed by atoms with van der Waals surface area (Å²) in [6.45, 7) is -0.394. The molecule has 5 aromatic carbocycles. The zero-order chi connectivity index (χ0) is 50.2. The topological polar surface area (TPSA) is 233 Å². The Hall–Kier alpha value is -8.33. The van der Waals surface area contributed by atoms with E-state index in [0.717, 1.165) is 21.3 Å². The average Bonchev–Trinajstić information content (AvgIpc) is 4.15. The van der Waals surface area contributed by atoms with Gasteiger partial charge in [-0.1, -0.05) is 84.9 Å². The number of hydrogen-bond acceptors (Lipinski definition) is 14. The van der Waals surface area contributed by atoms with Crippen molar-refractivity contribution in [3.05, 3.63) is 173 Å². The average molecular weight is 996 g/mol. The maximum absolute atomic E-state index is 13.2. The van der Waals surface area contributed by atoms with Gasteiger partial charge in [-0.3, -0.25) is 24.5 Å². The fourth-order valence-corrected chi connectivity index (χ4v) is 9.66. The molecular formula is C52H49N7O12S. The maximum Gasteiger partial charge on any atom is 0.418 e. The predicted molar refractivity (Wildman–Crippen MR) is 264 cm³/mol. The summed E-state index contributed by atoms with van der Waals surface area (Å²) >= 11 is 0. The molecule has 9 rings (SSSR count). The highest BCUT2D eigenvalue weighted by molar-refractivity contribution is 7.91. The summed E-state index contributed by atoms with van der Waals surface area (Å²) in [5.74, 6) is 0.268. The number of nitrogens with zero attached hydrogens (tertiary/aromatic N) is 4. The number of hydrogen-bond donors (Lipinski definition) is 3. The molecule has 0 unspecified atom stereocenters. The van der Waals surface area contributed by atoms with Crippen molar-refractivity contribution in [2.24, 2.45) is 0 Å². The summed E-state index contributed by atoms with van der Waals surface area (Å²) in [7, 11) is -0.458. The van der Waals surface area contributed by atoms with E-state index in [0.29, 0.717) is 35.2 Å². The standard InChI is InChI=1S/C52H49N7O12S/c1-66-37-21-17-35(18-22-37)52(34-11-5-3-6-12-34,36-19-23-38(67-2)24-20-36)69-32-39-25-26-45(70-39)59-33-54-46-47(59)56-49(57-48(46)61)55-44(60)27-28-53-50(62)71-43-31-58(42-16-10-9-15-41(42)43)51(63)68-29-30-72(64,65)40-13-7-4-8-14-40/h3-24,31,33,39,45H,25-30,32H2,1-2H3,(H,53,62)(H2,55,56,57,60,61)/t39-,45+/m0/s1. The number of imidazole rings is 1. The Morgan fingerprint density at radius 1 is 0.819 bits per heavy atom. The van der Waals surface area contributed by atoms with Crippen molar-refractivity contribution in [2.45, 2.75) is 42.1 Å². The Morgan fingerprint density at radius 2 is 1.46 bits per heavy atom. The number of para-hydroxylation sites is 1. The van der Waals surface area contributed by atoms with Gasteiger partial charge in [0.25, 0.3) is 5.56 Å². The molecule has 370 valence electrons. The molecule has 0 aliphatic carbocycles. The number of benzene rings is 5. The minimum Gasteiger partial charge on any atom is -0.497 e. The zero-order valence-electron chi connectivity index (χ0n) is 39.1. The lowest BCUT2D eigenvalue weighted by atomic mass is 9.80. The van der Waals surface area contributed by atoms with E-state index in [1.54, 1.807) is 61.3 Å². The Bertz CT molecular complexity index is 3330. The summed E-state index contributed by atoms with van der Waals surface area (Å²) in [5, 5.41) is 5.48. The van der Waals surface area contributed by atoms with Crippen molar-refractivity contribution < 1.29 is 51.2 Å². The minimum atomic E-state index is -3.69. The van der Waals surface area contributed by atoms with E-state index in [1.807, 2.05) is 78.9 Å². The number of aromatic amines is 1. The van der Waals surface area contributed by atoms with Crippen molar-refractivity contribution >= 4 is 55.9 Å². The fourth-order valence-electron chi connectivity index (χ4n) is 8.55. The first kappa shape index (κ1) is 48.7. The van der Waals surface area contributed by atoms with Crippen molar-refractivity contribution in [3.63, 3.8) is 0 Å². The van der Waals surface area contributed by atoms with E-state index in [2.05, 4.69) is 25.6 Å². The smallest absolute Gasteiger partial charge is 0.418 e. The number of nitrogens with one attached hydrogen (secondary N) is 3. The van der Waals surface area contributed by atoms with Crippen molar-refractivity contribution in [3.8, 4) is 17.2 Å². The molecule has 0 radical (unpaired) electrons. The number of carbonyl (C=O) groups excluding carboxylic acids is 3. The van der Waals surface area contributed by atoms with Crippen LogP contribution >= 0.6 is 0 Å². The van der Waals surface area contributed by atoms with Gasteiger partial charge in [-0.2, -0.15) is 4.98 Å². The van der Waals surface area contributed by atoms with E-state index in [4.69, 9.17) is 28.4 Å². The molecule has 20 heteroatoms. The molecule has 3 aromatic heterocycles. The molecule has 8 aromatic rings. The molecular weight excluding hydrogens is 947 g/mol. The van der Waals surface area contributed by atoms with E-state index in [9.17, 15) is 27.6 Å². The second-order valence-electron chi connectivity index (χ2n) is 16.6. The van der Waals surface area contributed by atoms with Gasteiger partial charge >= 0.3 is 12.2 Å². The number of H-pyrrole nitrogens is 1. The number of rotatable bonds is 18. The largest absolute Gasteiger partial charge is 0.497 e. The summed E-state index contributed by atoms with van der Waals surface area (Å²) in [5.41, 5.74) is 1.60. The first-order valence-electron chi connectivity index (χ1n) is 22.9. The molecule has 19 nitrogen and oxygen atoms in total. The van der Waals surface area contributed by atoms with Crippen LogP contribution in [0.5, 0.6) is 17.2 Å². The zero-order valence-corrected chi connectivity index (χ0v) is 39.9. The second kappa shape index (κ2) is 21.3. The SMILES string of the molecule is COc1ccc(C(OC[C@@H]2CC[C@H](n3cnc4c(=O)[nH]c(NC(=O)CCNC(=O)Oc5cn(C(=O)OCCS(=O)(=O)c6ccccc6)c6ccccc56)nc43)O2)(c2ccccc2)c2ccc(OC)cc2)cc1. The Balaban J connectivity index is 0.819. The second-order valence-corrected chi connectivity index (χ2v) is 18.7. The summed E-state index contributed by atoms with van der Waals surface area (Å²) in [6.07, 6.45) is 0.928. The van der Waals surface area contributed by atoms with Crippen LogP contribution in [0.3, 0.4) is 0 Å². The van der Waals surface area contributed by atoms with Gasteiger partial charge < -0.3 is 33.7 Å². The van der Waals surface area contributed by atoms with Crippen LogP contribution in [0, 0.1) is 0 Å². The Kier molecular flexibility index (Phi) is 14.4. The number of fused-ring (bicyclic) bond motifs is 2. The third-order valence-electron chi connectivity index (χ3n) is 12.1. The molecule has 0 spiro atoms. The maximum atomic E-state index is 13.2. The summed E-state index contributed by atoms with van der Waals surface area (Å²) < 4.78 is 63.5. The van der Waals surface area contributed by atoms with Crippen molar-refractivity contribution in [1.82, 2.24) is 29.4 Å². The van der Waals surface area contributed by atoms with Crippen LogP contribution in [0.15, 0.2) is 156 Å². The number of ether oxygens (including phenoxy) is 6. The van der Waals surface area contributed by atoms with Gasteiger partial charge in [-0.15, -0.1) is 0 Å². The number of methoxy groups -OCH3 is 2. The third kappa shape index (κ3) is 10.4. The van der Waals surface area contributed by atoms with Gasteiger partial charge in [0, 0.05) is 18.4 Å². The van der Waals surface area contributed by atoms with E-state index in [1.165, 1.54) is 24.7 Å². The first-order valence-corrected chi connectivity index (χ1v) is 24.5. The highest BCUT2D eigenvalue weighted by atomic mass is 32.2. The summed E-state index contributed by atoms with van der Waals surface area (Å²) in [4.78, 5) is 63.8. The molecule has 1 aliphatic heterocycles. The van der Waals surface area contributed by atoms with E-state index in [-0.39, 0.29) is 53.4 Å². The minimum absolute atomic E-state index is 0.0144. The van der Waals surface area contributed by atoms with Gasteiger partial charge in [0.05, 0.1) is 55.6 Å². The van der Waals surface area contributed by atoms with Crippen LogP contribution < -0.4 is 30.4 Å². The molecule has 0 bridgehead atoms. The number of aromatic nitrogens is 5. The summed E-state index contributed by atoms with van der Waals surface area (Å²) in [6, 6.07) is 39.9. The van der Waals surface area contributed by atoms with Crippen LogP contribution in [0.25, 0.3) is 22.1 Å². The molecule has 4 heterocycles. The monoisotopic (exact) mass is 995 g/mol. The van der Waals surface area contributed by atoms with Gasteiger partial charge in [0.15, 0.2) is 26.8 Å². The van der Waals surface area contributed by atoms with Crippen LogP contribution in [0.2, 0.25) is 0 Å². The number of sulfone groups is 1. The lowest BCUT2D eigenvalue weighted by Gasteiger charge is -2.37. The lowest BCUT2D eigenvalue weighted by molar-refractivity contribution is -0.116. The molecule has 1 saturated heterocycles. The number of anilines is 1. The van der Waals surface area contributed by atoms with E-state index < -0.39 is 57.7 Å². The van der Waals surface area contributed by atoms with Gasteiger partial charge in [-0.25, -0.2) is 27.6 Å². The predicted octanol–water partition coefficient (Wildman–Crippen LogP) is 7.35. The lowest BCUT2D eigenvalue weighted by Crippen LogP contribution is -2.35. The molecule has 1 aliphatic rings. The van der Waals surface area contributed by atoms with Gasteiger partial charge in [0.1, 0.15) is 29.9 Å². The molecule has 72 heavy (non-hydrogen) atoms. The Labute approximate surface area is 412 Å². The first-order chi connectivity index (χ1) is 34.9. The third-order valence-corrected chi connectivity index (χ3v) is 13.8. The van der Waals surface area contributed by atoms with Crippen molar-refractivity contribution in [2.75, 3.05) is 45.0 Å². The highest BCUT2D eigenvalue weighted by Gasteiger charge is 2.40. The molecule has 3 N–H and O–H groups in total. The molecule has 1 fully saturated rings.